The zero-order valence-electron chi connectivity index (χ0n) is 90.3. The number of allylic oxidation sites excluding steroid dienone is 21. The number of carbonyl (C=O) groups is 7. The third-order valence-corrected chi connectivity index (χ3v) is 27.4. The van der Waals surface area contributed by atoms with Gasteiger partial charge in [0.05, 0.1) is 5.56 Å². The Kier molecular flexibility index (Phi) is 55.4. The third kappa shape index (κ3) is 47.5. The molecule has 14 unspecified atom stereocenters. The van der Waals surface area contributed by atoms with Gasteiger partial charge in [-0.05, 0) is 316 Å². The molecule has 0 heterocycles. The first-order valence-electron chi connectivity index (χ1n) is 50.5. The van der Waals surface area contributed by atoms with Crippen molar-refractivity contribution >= 4 is 53.4 Å². The lowest BCUT2D eigenvalue weighted by molar-refractivity contribution is -0.147. The Morgan fingerprint density at radius 2 is 0.574 bits per heavy atom. The van der Waals surface area contributed by atoms with Crippen LogP contribution in [0.2, 0.25) is 0 Å². The van der Waals surface area contributed by atoms with Gasteiger partial charge in [0.2, 0.25) is 0 Å². The van der Waals surface area contributed by atoms with E-state index < -0.39 is 5.97 Å². The van der Waals surface area contributed by atoms with Gasteiger partial charge in [0.1, 0.15) is 42.7 Å². The van der Waals surface area contributed by atoms with Crippen LogP contribution in [0.15, 0.2) is 197 Å². The van der Waals surface area contributed by atoms with Crippen LogP contribution in [0.4, 0.5) is 0 Å². The van der Waals surface area contributed by atoms with E-state index in [4.69, 9.17) is 44.8 Å². The van der Waals surface area contributed by atoms with Crippen molar-refractivity contribution in [2.24, 2.45) is 79.3 Å². The third-order valence-electron chi connectivity index (χ3n) is 27.3. The predicted octanol–water partition coefficient (Wildman–Crippen LogP) is 31.0. The summed E-state index contributed by atoms with van der Waals surface area (Å²) in [6, 6.07) is 9.12. The van der Waals surface area contributed by atoms with E-state index in [1.54, 1.807) is 12.1 Å². The summed E-state index contributed by atoms with van der Waals surface area (Å²) in [5, 5.41) is 2.10. The molecular weight excluding hydrogens is 1710 g/mol. The molecule has 0 saturated carbocycles. The number of ether oxygens (including phenoxy) is 7. The number of carbonyl (C=O) groups excluding carboxylic acids is 7. The lowest BCUT2D eigenvalue weighted by atomic mass is 9.68. The predicted molar refractivity (Wildman–Crippen MR) is 566 cm³/mol. The van der Waals surface area contributed by atoms with Crippen molar-refractivity contribution in [3.05, 3.63) is 203 Å². The van der Waals surface area contributed by atoms with Crippen LogP contribution in [0, 0.1) is 114 Å². The zero-order chi connectivity index (χ0) is 103. The fraction of sp³-hybridized carbons (Fsp3) is 0.612. The molecule has 8 rings (SSSR count). The van der Waals surface area contributed by atoms with Gasteiger partial charge >= 0.3 is 41.8 Å². The van der Waals surface area contributed by atoms with E-state index in [0.29, 0.717) is 93.3 Å². The molecule has 1 aromatic rings. The van der Waals surface area contributed by atoms with Crippen LogP contribution >= 0.6 is 11.6 Å². The molecular formula is C121H179ClO14. The molecule has 14 atom stereocenters. The molecule has 0 spiro atoms. The highest BCUT2D eigenvalue weighted by Gasteiger charge is 2.38. The second-order valence-electron chi connectivity index (χ2n) is 43.1. The molecule has 7 aliphatic carbocycles. The molecule has 754 valence electrons. The van der Waals surface area contributed by atoms with Crippen molar-refractivity contribution in [2.45, 2.75) is 400 Å². The summed E-state index contributed by atoms with van der Waals surface area (Å²) in [6.07, 6.45) is 65.1. The van der Waals surface area contributed by atoms with E-state index in [-0.39, 0.29) is 89.4 Å². The maximum Gasteiger partial charge on any atom is 0.385 e. The zero-order valence-corrected chi connectivity index (χ0v) is 91.1. The first kappa shape index (κ1) is 123. The minimum atomic E-state index is -0.606. The average Bonchev–Trinajstić information content (AvgIpc) is 0.853. The van der Waals surface area contributed by atoms with Gasteiger partial charge in [-0.25, -0.2) is 9.59 Å². The average molecular weight is 1890 g/mol. The highest BCUT2D eigenvalue weighted by molar-refractivity contribution is 6.30. The Hall–Kier alpha value is -9.16. The van der Waals surface area contributed by atoms with Gasteiger partial charge in [0, 0.05) is 97.7 Å². The van der Waals surface area contributed by atoms with E-state index in [9.17, 15) is 33.6 Å². The maximum atomic E-state index is 12.0. The van der Waals surface area contributed by atoms with Gasteiger partial charge in [0.15, 0.2) is 0 Å². The lowest BCUT2D eigenvalue weighted by Crippen LogP contribution is -2.26. The summed E-state index contributed by atoms with van der Waals surface area (Å²) in [6.45, 7) is 69.6. The van der Waals surface area contributed by atoms with Crippen molar-refractivity contribution in [2.75, 3.05) is 0 Å². The molecule has 1 aromatic carbocycles. The van der Waals surface area contributed by atoms with Gasteiger partial charge < -0.3 is 33.2 Å². The topological polar surface area (TPSA) is 184 Å². The Morgan fingerprint density at radius 3 is 0.816 bits per heavy atom. The minimum Gasteiger partial charge on any atom is -0.459 e. The van der Waals surface area contributed by atoms with E-state index in [2.05, 4.69) is 272 Å². The number of rotatable bonds is 28. The summed E-state index contributed by atoms with van der Waals surface area (Å²) in [5.74, 6) is 13.2. The Labute approximate surface area is 831 Å². The SMILES string of the molecule is CC(=O)OC(C)/C=C/C1C(C)=CCCC1(C)C.CC(=O)OC(C)/C=C/C1C(C)=CCCC1(C)C.CC1=CCCC(C)(C)C1/C=C/C(C)OC(=O)C#CC#CC#CCl.CC1=CCCC(C)(C)C1/C=C/C(C)OC(=O)c1ccccc1.CCC(=O)OC(C)/C=C/C1C(C)=CCCC1(C)C.CCCC(=O)OC(C)/C=C/C1C(C)=CCCC1(C)C.CCCCC(=O)OC(C)/C=C/C1C(C)=CCCC1(C)C. The van der Waals surface area contributed by atoms with Gasteiger partial charge in [0.25, 0.3) is 0 Å². The molecule has 0 saturated heterocycles. The molecule has 0 fully saturated rings. The van der Waals surface area contributed by atoms with E-state index in [0.717, 1.165) is 38.5 Å². The number of esters is 7. The number of unbranched alkanes of at least 4 members (excludes halogenated alkanes) is 1. The highest BCUT2D eigenvalue weighted by atomic mass is 35.5. The Bertz CT molecular complexity index is 4550. The van der Waals surface area contributed by atoms with Crippen molar-refractivity contribution in [3.8, 4) is 35.0 Å². The molecule has 14 nitrogen and oxygen atoms in total. The number of benzene rings is 1. The van der Waals surface area contributed by atoms with Gasteiger partial charge in [-0.1, -0.05) is 266 Å². The van der Waals surface area contributed by atoms with Crippen molar-refractivity contribution in [3.63, 3.8) is 0 Å². The first-order valence-corrected chi connectivity index (χ1v) is 50.9. The summed E-state index contributed by atoms with van der Waals surface area (Å²) in [7, 11) is 0. The van der Waals surface area contributed by atoms with Crippen LogP contribution in [0.3, 0.4) is 0 Å². The van der Waals surface area contributed by atoms with Crippen LogP contribution in [0.5, 0.6) is 0 Å². The van der Waals surface area contributed by atoms with Crippen LogP contribution in [-0.4, -0.2) is 84.5 Å². The summed E-state index contributed by atoms with van der Waals surface area (Å²) in [4.78, 5) is 79.5. The van der Waals surface area contributed by atoms with Crippen LogP contribution < -0.4 is 0 Å². The first-order chi connectivity index (χ1) is 63.5. The van der Waals surface area contributed by atoms with Crippen molar-refractivity contribution < 1.29 is 66.7 Å². The number of halogens is 1. The van der Waals surface area contributed by atoms with Crippen LogP contribution in [-0.2, 0) is 61.9 Å². The van der Waals surface area contributed by atoms with E-state index in [1.807, 2.05) is 123 Å². The number of hydrogen-bond acceptors (Lipinski definition) is 14. The standard InChI is InChI=1S/C20H21ClO2.C20H26O2.C18H30O2.C17H28O2.C16H26O2.2C15H24O2/c1-16-10-9-14-20(3,4)18(16)13-12-17(2)23-19(22)11-7-5-6-8-15-21;1-15-9-8-14-20(3,4)18(15)13-12-16(2)22-19(21)17-10-6-5-7-11-17;1-6-7-10-17(19)20-15(3)11-12-16-14(2)9-8-13-18(16,4)5;1-6-8-16(18)19-14(3)10-11-15-13(2)9-7-12-17(15,4)5;1-6-15(17)18-13(3)9-10-14-12(2)8-7-11-16(14,4)5;2*1-11-7-6-10-15(4,5)14(11)9-8-12(2)17-13(3)16/h10,12-13,17-18H,9,14H2,1-4H3;5-7,9-13,16,18H,8,14H2,1-4H3;9,11-12,15-16H,6-8,10,13H2,1-5H3;9-11,14-15H,6-8,12H2,1-5H3;8-10,13-14H,6-7,11H2,1-5H3;2*7-9,12,14H,6,10H2,1-5H3/b2*13-12+;12-11+;11-10+;10-9+;2*9-8+. The summed E-state index contributed by atoms with van der Waals surface area (Å²) < 4.78 is 36.9. The van der Waals surface area contributed by atoms with E-state index in [1.165, 1.54) is 123 Å². The minimum absolute atomic E-state index is 0.0841. The quantitative estimate of drug-likeness (QED) is 0.0254. The normalized spacial score (nSPS) is 23.4. The van der Waals surface area contributed by atoms with Gasteiger partial charge in [-0.15, -0.1) is 0 Å². The van der Waals surface area contributed by atoms with Crippen LogP contribution in [0.25, 0.3) is 0 Å². The fourth-order valence-electron chi connectivity index (χ4n) is 19.1. The van der Waals surface area contributed by atoms with Crippen molar-refractivity contribution in [1.29, 1.82) is 0 Å². The molecule has 136 heavy (non-hydrogen) atoms. The smallest absolute Gasteiger partial charge is 0.385 e. The van der Waals surface area contributed by atoms with Gasteiger partial charge in [-0.2, -0.15) is 0 Å². The molecule has 15 heteroatoms. The van der Waals surface area contributed by atoms with Gasteiger partial charge in [-0.3, -0.25) is 24.0 Å². The Balaban J connectivity index is 0.000000538. The molecule has 0 radical (unpaired) electrons. The second-order valence-corrected chi connectivity index (χ2v) is 43.3. The van der Waals surface area contributed by atoms with Crippen LogP contribution in [0.1, 0.15) is 367 Å². The summed E-state index contributed by atoms with van der Waals surface area (Å²) in [5.41, 5.74) is 12.5. The number of hydrogen-bond donors (Lipinski definition) is 0. The van der Waals surface area contributed by atoms with Crippen molar-refractivity contribution in [1.82, 2.24) is 0 Å². The molecule has 7 aliphatic rings. The Morgan fingerprint density at radius 1 is 0.331 bits per heavy atom. The maximum absolute atomic E-state index is 12.0. The highest BCUT2D eigenvalue weighted by Crippen LogP contribution is 2.48. The monoisotopic (exact) mass is 1890 g/mol. The molecule has 0 amide bonds. The second kappa shape index (κ2) is 61.3. The molecule has 0 N–H and O–H groups in total. The lowest BCUT2D eigenvalue weighted by Gasteiger charge is -2.36. The van der Waals surface area contributed by atoms with E-state index >= 15 is 0 Å². The molecule has 0 aliphatic heterocycles. The molecule has 0 bridgehead atoms. The molecule has 0 aromatic heterocycles. The largest absolute Gasteiger partial charge is 0.459 e. The summed E-state index contributed by atoms with van der Waals surface area (Å²) >= 11 is 5.13. The fourth-order valence-corrected chi connectivity index (χ4v) is 19.1.